The van der Waals surface area contributed by atoms with Crippen LogP contribution in [0.1, 0.15) is 29.2 Å². The van der Waals surface area contributed by atoms with Crippen LogP contribution in [0.2, 0.25) is 0 Å². The molecule has 2 amide bonds. The van der Waals surface area contributed by atoms with Gasteiger partial charge in [-0.3, -0.25) is 14.6 Å². The van der Waals surface area contributed by atoms with E-state index >= 15 is 0 Å². The van der Waals surface area contributed by atoms with Crippen molar-refractivity contribution in [2.24, 2.45) is 11.3 Å². The fourth-order valence-corrected chi connectivity index (χ4v) is 5.76. The standard InChI is InChI=1S/C26H21F3N2O3/c1-15-12-16(2)14-19(13-15)31-22(32)21-24(3,23(31)33)25(21,18-8-10-30-11-9-18)17-4-6-20(7-5-17)34-26(27,28)29/h4-14,21H,1-3H3/t21-,24-,25+/m0/s1. The second-order valence-corrected chi connectivity index (χ2v) is 9.08. The lowest BCUT2D eigenvalue weighted by atomic mass is 9.79. The molecule has 2 heterocycles. The van der Waals surface area contributed by atoms with Gasteiger partial charge < -0.3 is 4.74 Å². The smallest absolute Gasteiger partial charge is 0.406 e. The number of amides is 2. The number of hydrogen-bond acceptors (Lipinski definition) is 4. The number of hydrogen-bond donors (Lipinski definition) is 0. The van der Waals surface area contributed by atoms with Gasteiger partial charge in [-0.2, -0.15) is 0 Å². The number of aryl methyl sites for hydroxylation is 2. The van der Waals surface area contributed by atoms with Gasteiger partial charge in [0.1, 0.15) is 5.75 Å². The molecule has 5 nitrogen and oxygen atoms in total. The molecule has 8 heteroatoms. The molecular weight excluding hydrogens is 445 g/mol. The molecule has 1 saturated heterocycles. The highest BCUT2D eigenvalue weighted by Crippen LogP contribution is 2.76. The maximum Gasteiger partial charge on any atom is 0.573 e. The van der Waals surface area contributed by atoms with Crippen LogP contribution in [0.4, 0.5) is 18.9 Å². The van der Waals surface area contributed by atoms with Crippen molar-refractivity contribution in [3.05, 3.63) is 89.2 Å². The maximum absolute atomic E-state index is 13.8. The minimum Gasteiger partial charge on any atom is -0.406 e. The lowest BCUT2D eigenvalue weighted by molar-refractivity contribution is -0.274. The van der Waals surface area contributed by atoms with Crippen LogP contribution >= 0.6 is 0 Å². The molecular formula is C26H21F3N2O3. The number of benzene rings is 2. The highest BCUT2D eigenvalue weighted by atomic mass is 19.4. The van der Waals surface area contributed by atoms with Gasteiger partial charge in [0.15, 0.2) is 0 Å². The highest BCUT2D eigenvalue weighted by molar-refractivity contribution is 6.29. The van der Waals surface area contributed by atoms with E-state index in [4.69, 9.17) is 0 Å². The van der Waals surface area contributed by atoms with E-state index in [2.05, 4.69) is 9.72 Å². The zero-order valence-electron chi connectivity index (χ0n) is 18.7. The monoisotopic (exact) mass is 466 g/mol. The van der Waals surface area contributed by atoms with Crippen LogP contribution in [0.3, 0.4) is 0 Å². The Bertz CT molecular complexity index is 1290. The normalized spacial score (nSPS) is 25.9. The molecule has 0 spiro atoms. The molecule has 3 aromatic rings. The lowest BCUT2D eigenvalue weighted by Crippen LogP contribution is -2.42. The number of fused-ring (bicyclic) bond motifs is 1. The molecule has 1 aromatic heterocycles. The van der Waals surface area contributed by atoms with Crippen LogP contribution in [-0.4, -0.2) is 23.2 Å². The van der Waals surface area contributed by atoms with Crippen molar-refractivity contribution in [2.45, 2.75) is 32.5 Å². The van der Waals surface area contributed by atoms with Gasteiger partial charge in [-0.1, -0.05) is 18.2 Å². The molecule has 1 aliphatic carbocycles. The Morgan fingerprint density at radius 3 is 1.97 bits per heavy atom. The zero-order valence-corrected chi connectivity index (χ0v) is 18.7. The van der Waals surface area contributed by atoms with Gasteiger partial charge in [0, 0.05) is 17.8 Å². The van der Waals surface area contributed by atoms with Crippen molar-refractivity contribution < 1.29 is 27.5 Å². The predicted octanol–water partition coefficient (Wildman–Crippen LogP) is 5.09. The van der Waals surface area contributed by atoms with E-state index in [0.717, 1.165) is 11.1 Å². The molecule has 0 N–H and O–H groups in total. The van der Waals surface area contributed by atoms with E-state index in [1.54, 1.807) is 43.6 Å². The van der Waals surface area contributed by atoms with Crippen molar-refractivity contribution >= 4 is 17.5 Å². The fourth-order valence-electron chi connectivity index (χ4n) is 5.76. The Balaban J connectivity index is 1.61. The van der Waals surface area contributed by atoms with Crippen LogP contribution in [0, 0.1) is 25.2 Å². The fraction of sp³-hybridized carbons (Fsp3) is 0.269. The number of carbonyl (C=O) groups is 2. The Labute approximate surface area is 194 Å². The first kappa shape index (κ1) is 22.1. The van der Waals surface area contributed by atoms with E-state index < -0.39 is 23.1 Å². The third kappa shape index (κ3) is 2.97. The Kier molecular flexibility index (Phi) is 4.66. The first-order valence-corrected chi connectivity index (χ1v) is 10.7. The summed E-state index contributed by atoms with van der Waals surface area (Å²) in [5, 5.41) is 0. The van der Waals surface area contributed by atoms with Crippen molar-refractivity contribution in [3.8, 4) is 5.75 Å². The maximum atomic E-state index is 13.8. The number of anilines is 1. The Hall–Kier alpha value is -3.68. The number of nitrogens with zero attached hydrogens (tertiary/aromatic N) is 2. The van der Waals surface area contributed by atoms with E-state index in [-0.39, 0.29) is 17.6 Å². The van der Waals surface area contributed by atoms with E-state index in [1.165, 1.54) is 29.2 Å². The molecule has 0 bridgehead atoms. The van der Waals surface area contributed by atoms with Crippen molar-refractivity contribution in [3.63, 3.8) is 0 Å². The first-order chi connectivity index (χ1) is 16.0. The van der Waals surface area contributed by atoms with Crippen LogP contribution in [-0.2, 0) is 15.0 Å². The third-order valence-electron chi connectivity index (χ3n) is 7.00. The molecule has 3 atom stereocenters. The number of carbonyl (C=O) groups excluding carboxylic acids is 2. The molecule has 0 unspecified atom stereocenters. The number of rotatable bonds is 4. The average Bonchev–Trinajstić information content (AvgIpc) is 3.28. The number of pyridine rings is 1. The quantitative estimate of drug-likeness (QED) is 0.503. The summed E-state index contributed by atoms with van der Waals surface area (Å²) in [5.41, 5.74) is 1.55. The van der Waals surface area contributed by atoms with Crippen molar-refractivity contribution in [1.82, 2.24) is 4.98 Å². The number of alkyl halides is 3. The topological polar surface area (TPSA) is 59.5 Å². The van der Waals surface area contributed by atoms with Crippen LogP contribution in [0.5, 0.6) is 5.75 Å². The second-order valence-electron chi connectivity index (χ2n) is 9.08. The van der Waals surface area contributed by atoms with Gasteiger partial charge in [0.25, 0.3) is 0 Å². The lowest BCUT2D eigenvalue weighted by Gasteiger charge is -2.30. The molecule has 2 fully saturated rings. The van der Waals surface area contributed by atoms with E-state index in [0.29, 0.717) is 16.8 Å². The van der Waals surface area contributed by atoms with E-state index in [9.17, 15) is 22.8 Å². The van der Waals surface area contributed by atoms with Crippen molar-refractivity contribution in [2.75, 3.05) is 4.90 Å². The van der Waals surface area contributed by atoms with Gasteiger partial charge >= 0.3 is 6.36 Å². The number of imide groups is 1. The average molecular weight is 466 g/mol. The molecule has 34 heavy (non-hydrogen) atoms. The number of halogens is 3. The van der Waals surface area contributed by atoms with Gasteiger partial charge in [0.05, 0.1) is 17.0 Å². The van der Waals surface area contributed by atoms with Crippen LogP contribution < -0.4 is 9.64 Å². The van der Waals surface area contributed by atoms with E-state index in [1.807, 2.05) is 19.9 Å². The second kappa shape index (κ2) is 7.16. The van der Waals surface area contributed by atoms with Crippen LogP contribution in [0.25, 0.3) is 0 Å². The summed E-state index contributed by atoms with van der Waals surface area (Å²) in [7, 11) is 0. The SMILES string of the molecule is Cc1cc(C)cc(N2C(=O)[C@@H]3[C@](c4ccncc4)(c4ccc(OC(F)(F)F)cc4)[C@]3(C)C2=O)c1. The molecule has 1 saturated carbocycles. The molecule has 2 aliphatic rings. The molecule has 2 aromatic carbocycles. The Morgan fingerprint density at radius 2 is 1.47 bits per heavy atom. The summed E-state index contributed by atoms with van der Waals surface area (Å²) in [6.45, 7) is 5.55. The Morgan fingerprint density at radius 1 is 0.912 bits per heavy atom. The van der Waals surface area contributed by atoms with Gasteiger partial charge in [-0.15, -0.1) is 13.2 Å². The minimum atomic E-state index is -4.81. The zero-order chi connectivity index (χ0) is 24.5. The first-order valence-electron chi connectivity index (χ1n) is 10.7. The van der Waals surface area contributed by atoms with Crippen LogP contribution in [0.15, 0.2) is 67.0 Å². The molecule has 1 aliphatic heterocycles. The number of ether oxygens (including phenoxy) is 1. The van der Waals surface area contributed by atoms with Gasteiger partial charge in [-0.25, -0.2) is 4.90 Å². The summed E-state index contributed by atoms with van der Waals surface area (Å²) in [6.07, 6.45) is -1.66. The number of piperidine rings is 1. The molecule has 5 rings (SSSR count). The highest BCUT2D eigenvalue weighted by Gasteiger charge is 2.86. The van der Waals surface area contributed by atoms with Crippen molar-refractivity contribution in [1.29, 1.82) is 0 Å². The predicted molar refractivity (Wildman–Crippen MR) is 118 cm³/mol. The molecule has 174 valence electrons. The molecule has 0 radical (unpaired) electrons. The summed E-state index contributed by atoms with van der Waals surface area (Å²) < 4.78 is 41.9. The number of aromatic nitrogens is 1. The third-order valence-corrected chi connectivity index (χ3v) is 7.00. The minimum absolute atomic E-state index is 0.329. The summed E-state index contributed by atoms with van der Waals surface area (Å²) >= 11 is 0. The van der Waals surface area contributed by atoms with Gasteiger partial charge in [-0.05, 0) is 79.4 Å². The summed E-state index contributed by atoms with van der Waals surface area (Å²) in [6, 6.07) is 14.4. The van der Waals surface area contributed by atoms with Gasteiger partial charge in [0.2, 0.25) is 11.8 Å². The largest absolute Gasteiger partial charge is 0.573 e. The summed E-state index contributed by atoms with van der Waals surface area (Å²) in [5.74, 6) is -1.73. The summed E-state index contributed by atoms with van der Waals surface area (Å²) in [4.78, 5) is 32.8.